The number of amides is 1. The fourth-order valence-corrected chi connectivity index (χ4v) is 9.79. The number of aliphatic hydroxyl groups excluding tert-OH is 2. The molecule has 0 aromatic rings. The van der Waals surface area contributed by atoms with Crippen molar-refractivity contribution >= 4 is 11.9 Å². The summed E-state index contributed by atoms with van der Waals surface area (Å²) >= 11 is 0. The van der Waals surface area contributed by atoms with Crippen LogP contribution >= 0.6 is 0 Å². The zero-order chi connectivity index (χ0) is 25.0. The molecule has 0 radical (unpaired) electrons. The van der Waals surface area contributed by atoms with Gasteiger partial charge < -0.3 is 20.6 Å². The van der Waals surface area contributed by atoms with Crippen molar-refractivity contribution in [2.45, 2.75) is 98.2 Å². The maximum absolute atomic E-state index is 12.4. The molecule has 1 amide bonds. The smallest absolute Gasteiger partial charge is 0.322 e. The second kappa shape index (κ2) is 9.38. The van der Waals surface area contributed by atoms with Crippen molar-refractivity contribution in [3.8, 4) is 0 Å². The Morgan fingerprint density at radius 2 is 1.62 bits per heavy atom. The maximum atomic E-state index is 12.4. The molecule has 34 heavy (non-hydrogen) atoms. The lowest BCUT2D eigenvalue weighted by Gasteiger charge is -2.64. The molecular weight excluding hydrogens is 430 g/mol. The second-order valence-corrected chi connectivity index (χ2v) is 13.1. The summed E-state index contributed by atoms with van der Waals surface area (Å²) < 4.78 is 0. The summed E-state index contributed by atoms with van der Waals surface area (Å²) in [5.41, 5.74) is 0.389. The largest absolute Gasteiger partial charge is 0.480 e. The van der Waals surface area contributed by atoms with Gasteiger partial charge in [0.25, 0.3) is 0 Å². The summed E-state index contributed by atoms with van der Waals surface area (Å²) in [6.07, 6.45) is 7.68. The third-order valence-electron chi connectivity index (χ3n) is 11.5. The van der Waals surface area contributed by atoms with Gasteiger partial charge in [-0.3, -0.25) is 9.59 Å². The number of nitrogens with one attached hydrogen (secondary N) is 1. The molecule has 4 rings (SSSR count). The molecule has 6 heteroatoms. The van der Waals surface area contributed by atoms with Gasteiger partial charge in [-0.05, 0) is 104 Å². The van der Waals surface area contributed by atoms with Gasteiger partial charge in [0.1, 0.15) is 6.54 Å². The molecule has 0 aliphatic heterocycles. The minimum atomic E-state index is -1.01. The lowest BCUT2D eigenvalue weighted by molar-refractivity contribution is -0.199. The molecule has 4 saturated carbocycles. The molecule has 194 valence electrons. The van der Waals surface area contributed by atoms with Crippen molar-refractivity contribution in [3.63, 3.8) is 0 Å². The summed E-state index contributed by atoms with van der Waals surface area (Å²) in [5.74, 6) is 1.50. The lowest BCUT2D eigenvalue weighted by atomic mass is 9.42. The van der Waals surface area contributed by atoms with E-state index in [9.17, 15) is 19.8 Å². The SMILES string of the molecule is C[C@H](C[C@@H](C)[C@H]1CCC2C3C(CC[C@@]21C)[C@@]1(C)CC[C@@H](O)CC1[C@@H](C)[C@H]3O)C(=O)NCC(=O)O. The summed E-state index contributed by atoms with van der Waals surface area (Å²) in [4.78, 5) is 23.2. The van der Waals surface area contributed by atoms with Gasteiger partial charge in [-0.2, -0.15) is 0 Å². The highest BCUT2D eigenvalue weighted by Crippen LogP contribution is 2.69. The number of aliphatic carboxylic acids is 1. The Morgan fingerprint density at radius 3 is 2.29 bits per heavy atom. The van der Waals surface area contributed by atoms with E-state index in [0.29, 0.717) is 35.5 Å². The van der Waals surface area contributed by atoms with Crippen LogP contribution in [0, 0.1) is 58.2 Å². The molecule has 12 atom stereocenters. The fourth-order valence-electron chi connectivity index (χ4n) is 9.79. The van der Waals surface area contributed by atoms with Gasteiger partial charge in [-0.25, -0.2) is 0 Å². The summed E-state index contributed by atoms with van der Waals surface area (Å²) in [6, 6.07) is 0. The Morgan fingerprint density at radius 1 is 0.971 bits per heavy atom. The molecule has 6 nitrogen and oxygen atoms in total. The molecule has 4 fully saturated rings. The molecule has 4 N–H and O–H groups in total. The van der Waals surface area contributed by atoms with Crippen LogP contribution in [0.1, 0.15) is 86.0 Å². The van der Waals surface area contributed by atoms with Crippen LogP contribution in [0.3, 0.4) is 0 Å². The third-order valence-corrected chi connectivity index (χ3v) is 11.5. The average molecular weight is 478 g/mol. The lowest BCUT2D eigenvalue weighted by Crippen LogP contribution is -2.61. The first kappa shape index (κ1) is 25.9. The fraction of sp³-hybridized carbons (Fsp3) is 0.929. The van der Waals surface area contributed by atoms with E-state index in [1.165, 1.54) is 6.42 Å². The predicted octanol–water partition coefficient (Wildman–Crippen LogP) is 4.09. The first-order valence-electron chi connectivity index (χ1n) is 13.8. The van der Waals surface area contributed by atoms with Gasteiger partial charge in [0.15, 0.2) is 0 Å². The van der Waals surface area contributed by atoms with Crippen molar-refractivity contribution in [1.82, 2.24) is 5.32 Å². The number of carboxylic acids is 1. The Hall–Kier alpha value is -1.14. The van der Waals surface area contributed by atoms with Crippen LogP contribution < -0.4 is 5.32 Å². The van der Waals surface area contributed by atoms with Crippen LogP contribution in [-0.4, -0.2) is 45.9 Å². The standard InChI is InChI=1S/C28H47NO5/c1-15(12-16(2)26(34)29-14-23(31)32)19-6-7-20-24-21(9-11-27(19,20)4)28(5)10-8-18(30)13-22(28)17(3)25(24)33/h15-22,24-25,30,33H,6-14H2,1-5H3,(H,29,34)(H,31,32)/t15-,16-,17-,18-,19-,20?,21?,22?,24?,25-,27-,28-/m1/s1. The predicted molar refractivity (Wildman–Crippen MR) is 131 cm³/mol. The highest BCUT2D eigenvalue weighted by atomic mass is 16.4. The van der Waals surface area contributed by atoms with Crippen molar-refractivity contribution in [1.29, 1.82) is 0 Å². The Balaban J connectivity index is 1.49. The van der Waals surface area contributed by atoms with Gasteiger partial charge >= 0.3 is 5.97 Å². The van der Waals surface area contributed by atoms with Gasteiger partial charge in [0, 0.05) is 5.92 Å². The second-order valence-electron chi connectivity index (χ2n) is 13.1. The first-order valence-corrected chi connectivity index (χ1v) is 13.8. The average Bonchev–Trinajstić information content (AvgIpc) is 3.13. The first-order chi connectivity index (χ1) is 15.9. The maximum Gasteiger partial charge on any atom is 0.322 e. The van der Waals surface area contributed by atoms with Gasteiger partial charge in [-0.15, -0.1) is 0 Å². The minimum Gasteiger partial charge on any atom is -0.480 e. The number of carbonyl (C=O) groups is 2. The van der Waals surface area contributed by atoms with E-state index in [-0.39, 0.29) is 47.3 Å². The molecule has 0 aromatic carbocycles. The van der Waals surface area contributed by atoms with Crippen molar-refractivity contribution < 1.29 is 24.9 Å². The molecule has 4 aliphatic carbocycles. The van der Waals surface area contributed by atoms with Crippen molar-refractivity contribution in [3.05, 3.63) is 0 Å². The molecule has 0 spiro atoms. The Kier molecular flexibility index (Phi) is 7.16. The number of carbonyl (C=O) groups excluding carboxylic acids is 1. The van der Waals surface area contributed by atoms with Crippen LogP contribution in [0.4, 0.5) is 0 Å². The third kappa shape index (κ3) is 4.21. The zero-order valence-corrected chi connectivity index (χ0v) is 21.8. The van der Waals surface area contributed by atoms with E-state index in [2.05, 4.69) is 33.0 Å². The number of hydrogen-bond acceptors (Lipinski definition) is 4. The Labute approximate surface area is 205 Å². The van der Waals surface area contributed by atoms with E-state index in [0.717, 1.165) is 44.9 Å². The van der Waals surface area contributed by atoms with Crippen LogP contribution in [0.5, 0.6) is 0 Å². The van der Waals surface area contributed by atoms with Crippen LogP contribution in [-0.2, 0) is 9.59 Å². The van der Waals surface area contributed by atoms with Gasteiger partial charge in [0.05, 0.1) is 12.2 Å². The summed E-state index contributed by atoms with van der Waals surface area (Å²) in [5, 5.41) is 33.4. The van der Waals surface area contributed by atoms with Crippen molar-refractivity contribution in [2.24, 2.45) is 58.2 Å². The molecule has 0 aromatic heterocycles. The zero-order valence-electron chi connectivity index (χ0n) is 21.8. The molecule has 0 saturated heterocycles. The minimum absolute atomic E-state index is 0.173. The van der Waals surface area contributed by atoms with E-state index >= 15 is 0 Å². The number of fused-ring (bicyclic) bond motifs is 5. The Bertz CT molecular complexity index is 787. The van der Waals surface area contributed by atoms with Gasteiger partial charge in [-0.1, -0.05) is 34.6 Å². The highest BCUT2D eigenvalue weighted by molar-refractivity contribution is 5.82. The molecule has 0 heterocycles. The summed E-state index contributed by atoms with van der Waals surface area (Å²) in [7, 11) is 0. The number of hydrogen-bond donors (Lipinski definition) is 4. The van der Waals surface area contributed by atoms with Crippen molar-refractivity contribution in [2.75, 3.05) is 6.54 Å². The van der Waals surface area contributed by atoms with Crippen LogP contribution in [0.15, 0.2) is 0 Å². The van der Waals surface area contributed by atoms with E-state index in [4.69, 9.17) is 5.11 Å². The quantitative estimate of drug-likeness (QED) is 0.461. The van der Waals surface area contributed by atoms with Gasteiger partial charge in [0.2, 0.25) is 5.91 Å². The van der Waals surface area contributed by atoms with E-state index < -0.39 is 5.97 Å². The molecule has 4 aliphatic rings. The summed E-state index contributed by atoms with van der Waals surface area (Å²) in [6.45, 7) is 11.0. The number of carboxylic acid groups (broad SMARTS) is 1. The van der Waals surface area contributed by atoms with Crippen LogP contribution in [0.2, 0.25) is 0 Å². The molecule has 4 unspecified atom stereocenters. The number of rotatable bonds is 6. The topological polar surface area (TPSA) is 107 Å². The van der Waals surface area contributed by atoms with E-state index in [1.54, 1.807) is 0 Å². The highest BCUT2D eigenvalue weighted by Gasteiger charge is 2.64. The molecule has 0 bridgehead atoms. The normalized spacial score (nSPS) is 47.6. The molecular formula is C28H47NO5. The van der Waals surface area contributed by atoms with E-state index in [1.807, 2.05) is 6.92 Å². The monoisotopic (exact) mass is 477 g/mol. The number of aliphatic hydroxyl groups is 2. The van der Waals surface area contributed by atoms with Crippen LogP contribution in [0.25, 0.3) is 0 Å².